The predicted molar refractivity (Wildman–Crippen MR) is 112 cm³/mol. The van der Waals surface area contributed by atoms with Gasteiger partial charge in [-0.05, 0) is 36.8 Å². The highest BCUT2D eigenvalue weighted by Gasteiger charge is 2.31. The number of aromatic nitrogens is 3. The number of aromatic amines is 2. The summed E-state index contributed by atoms with van der Waals surface area (Å²) in [7, 11) is 1.50. The number of H-pyrrole nitrogens is 2. The number of nitrogens with zero attached hydrogens (tertiary/aromatic N) is 2. The second kappa shape index (κ2) is 8.16. The minimum absolute atomic E-state index is 0.158. The molecule has 2 aromatic heterocycles. The first kappa shape index (κ1) is 19.9. The van der Waals surface area contributed by atoms with Crippen LogP contribution in [0.2, 0.25) is 5.02 Å². The van der Waals surface area contributed by atoms with Crippen molar-refractivity contribution in [1.82, 2.24) is 19.9 Å². The van der Waals surface area contributed by atoms with Gasteiger partial charge in [-0.3, -0.25) is 14.4 Å². The Hall–Kier alpha value is -3.39. The quantitative estimate of drug-likeness (QED) is 0.666. The van der Waals surface area contributed by atoms with Gasteiger partial charge >= 0.3 is 0 Å². The normalized spacial score (nSPS) is 15.9. The summed E-state index contributed by atoms with van der Waals surface area (Å²) in [6, 6.07) is 9.48. The molecule has 9 heteroatoms. The number of carbonyl (C=O) groups excluding carboxylic acids is 1. The van der Waals surface area contributed by atoms with Crippen LogP contribution in [0.25, 0.3) is 11.3 Å². The average molecular weight is 427 g/mol. The van der Waals surface area contributed by atoms with Crippen LogP contribution in [0.15, 0.2) is 52.2 Å². The molecule has 1 aliphatic rings. The van der Waals surface area contributed by atoms with E-state index in [4.69, 9.17) is 16.3 Å². The maximum atomic E-state index is 13.0. The number of nitrogens with one attached hydrogen (secondary N) is 2. The molecule has 154 valence electrons. The van der Waals surface area contributed by atoms with Crippen molar-refractivity contribution >= 4 is 17.5 Å². The van der Waals surface area contributed by atoms with Crippen LogP contribution in [0.3, 0.4) is 0 Å². The molecule has 4 rings (SSSR count). The summed E-state index contributed by atoms with van der Waals surface area (Å²) in [6.07, 6.45) is 2.15. The summed E-state index contributed by atoms with van der Waals surface area (Å²) >= 11 is 6.05. The Morgan fingerprint density at radius 3 is 2.87 bits per heavy atom. The van der Waals surface area contributed by atoms with Gasteiger partial charge in [0.25, 0.3) is 17.0 Å². The number of benzene rings is 1. The zero-order valence-corrected chi connectivity index (χ0v) is 16.9. The van der Waals surface area contributed by atoms with Crippen LogP contribution in [0.4, 0.5) is 0 Å². The third-order valence-corrected chi connectivity index (χ3v) is 5.34. The predicted octanol–water partition coefficient (Wildman–Crippen LogP) is 2.42. The van der Waals surface area contributed by atoms with Crippen LogP contribution in [0, 0.1) is 0 Å². The average Bonchev–Trinajstić information content (AvgIpc) is 3.23. The number of rotatable bonds is 4. The van der Waals surface area contributed by atoms with Gasteiger partial charge in [-0.2, -0.15) is 0 Å². The minimum atomic E-state index is -0.348. The van der Waals surface area contributed by atoms with Crippen molar-refractivity contribution < 1.29 is 9.53 Å². The molecule has 30 heavy (non-hydrogen) atoms. The fraction of sp³-hybridized carbons (Fsp3) is 0.238. The van der Waals surface area contributed by atoms with Crippen LogP contribution in [-0.2, 0) is 0 Å². The molecule has 0 bridgehead atoms. The van der Waals surface area contributed by atoms with Crippen molar-refractivity contribution in [2.24, 2.45) is 0 Å². The van der Waals surface area contributed by atoms with Crippen molar-refractivity contribution in [1.29, 1.82) is 0 Å². The third kappa shape index (κ3) is 3.86. The maximum Gasteiger partial charge on any atom is 0.257 e. The smallest absolute Gasteiger partial charge is 0.257 e. The highest BCUT2D eigenvalue weighted by atomic mass is 35.5. The highest BCUT2D eigenvalue weighted by Crippen LogP contribution is 2.29. The van der Waals surface area contributed by atoms with E-state index in [1.165, 1.54) is 19.4 Å². The summed E-state index contributed by atoms with van der Waals surface area (Å²) < 4.78 is 5.29. The van der Waals surface area contributed by atoms with E-state index in [1.54, 1.807) is 35.2 Å². The number of amides is 1. The molecule has 1 amide bonds. The van der Waals surface area contributed by atoms with E-state index in [-0.39, 0.29) is 22.9 Å². The lowest BCUT2D eigenvalue weighted by Gasteiger charge is -2.18. The zero-order chi connectivity index (χ0) is 21.3. The molecule has 1 fully saturated rings. The number of likely N-dealkylation sites (tertiary alicyclic amines) is 1. The fourth-order valence-corrected chi connectivity index (χ4v) is 3.79. The molecule has 3 heterocycles. The molecule has 1 atom stereocenters. The van der Waals surface area contributed by atoms with Crippen molar-refractivity contribution in [3.8, 4) is 17.0 Å². The summed E-state index contributed by atoms with van der Waals surface area (Å²) in [5.41, 5.74) is 0.338. The Balaban J connectivity index is 1.60. The molecule has 8 nitrogen and oxygen atoms in total. The molecule has 0 radical (unpaired) electrons. The summed E-state index contributed by atoms with van der Waals surface area (Å²) in [6.45, 7) is 0.880. The lowest BCUT2D eigenvalue weighted by molar-refractivity contribution is 0.0787. The number of hydrogen-bond donors (Lipinski definition) is 2. The molecule has 1 aromatic carbocycles. The van der Waals surface area contributed by atoms with Gasteiger partial charge in [0.1, 0.15) is 11.6 Å². The first-order chi connectivity index (χ1) is 14.5. The third-order valence-electron chi connectivity index (χ3n) is 5.11. The van der Waals surface area contributed by atoms with Gasteiger partial charge in [-0.25, -0.2) is 4.98 Å². The van der Waals surface area contributed by atoms with E-state index in [1.807, 2.05) is 0 Å². The Labute approximate surface area is 176 Å². The lowest BCUT2D eigenvalue weighted by Crippen LogP contribution is -2.29. The number of methoxy groups -OCH3 is 1. The monoisotopic (exact) mass is 426 g/mol. The molecule has 3 aromatic rings. The summed E-state index contributed by atoms with van der Waals surface area (Å²) in [4.78, 5) is 48.8. The maximum absolute atomic E-state index is 13.0. The van der Waals surface area contributed by atoms with Crippen LogP contribution in [0.5, 0.6) is 5.75 Å². The Bertz CT molecular complexity index is 1220. The minimum Gasteiger partial charge on any atom is -0.496 e. The largest absolute Gasteiger partial charge is 0.496 e. The summed E-state index contributed by atoms with van der Waals surface area (Å²) in [5, 5.41) is 0.446. The summed E-state index contributed by atoms with van der Waals surface area (Å²) in [5.74, 6) is 0.545. The van der Waals surface area contributed by atoms with Crippen molar-refractivity contribution in [2.75, 3.05) is 20.2 Å². The topological polar surface area (TPSA) is 108 Å². The van der Waals surface area contributed by atoms with Gasteiger partial charge in [-0.15, -0.1) is 0 Å². The van der Waals surface area contributed by atoms with Crippen LogP contribution in [0.1, 0.15) is 28.5 Å². The Morgan fingerprint density at radius 2 is 2.10 bits per heavy atom. The number of hydrogen-bond acceptors (Lipinski definition) is 5. The van der Waals surface area contributed by atoms with E-state index in [0.717, 1.165) is 0 Å². The number of carbonyl (C=O) groups is 1. The van der Waals surface area contributed by atoms with E-state index in [9.17, 15) is 14.4 Å². The SMILES string of the molecule is COc1ccc(Cl)cc1C(=O)N1CC[C@H](c2nc(-c3ccc[nH]c3=O)cc(=O)[nH]2)C1. The zero-order valence-electron chi connectivity index (χ0n) is 16.1. The number of ether oxygens (including phenoxy) is 1. The molecular weight excluding hydrogens is 408 g/mol. The standard InChI is InChI=1S/C21H19ClN4O4/c1-30-17-5-4-13(22)9-15(17)21(29)26-8-6-12(11-26)19-24-16(10-18(27)25-19)14-3-2-7-23-20(14)28/h2-5,7,9-10,12H,6,8,11H2,1H3,(H,23,28)(H,24,25,27)/t12-/m0/s1. The Morgan fingerprint density at radius 1 is 1.27 bits per heavy atom. The van der Waals surface area contributed by atoms with Crippen LogP contribution in [-0.4, -0.2) is 46.0 Å². The molecule has 0 spiro atoms. The molecule has 0 unspecified atom stereocenters. The lowest BCUT2D eigenvalue weighted by atomic mass is 10.1. The van der Waals surface area contributed by atoms with E-state index in [2.05, 4.69) is 15.0 Å². The van der Waals surface area contributed by atoms with Gasteiger partial charge in [-0.1, -0.05) is 11.6 Å². The van der Waals surface area contributed by atoms with Crippen molar-refractivity contribution in [3.63, 3.8) is 0 Å². The van der Waals surface area contributed by atoms with Crippen molar-refractivity contribution in [2.45, 2.75) is 12.3 Å². The fourth-order valence-electron chi connectivity index (χ4n) is 3.62. The van der Waals surface area contributed by atoms with Gasteiger partial charge < -0.3 is 19.6 Å². The Kier molecular flexibility index (Phi) is 5.41. The van der Waals surface area contributed by atoms with Crippen LogP contribution < -0.4 is 15.9 Å². The molecule has 2 N–H and O–H groups in total. The van der Waals surface area contributed by atoms with E-state index >= 15 is 0 Å². The molecular formula is C21H19ClN4O4. The van der Waals surface area contributed by atoms with Crippen LogP contribution >= 0.6 is 11.6 Å². The first-order valence-corrected chi connectivity index (χ1v) is 9.76. The van der Waals surface area contributed by atoms with E-state index < -0.39 is 0 Å². The molecule has 0 saturated carbocycles. The second-order valence-electron chi connectivity index (χ2n) is 7.01. The van der Waals surface area contributed by atoms with Gasteiger partial charge in [0.2, 0.25) is 0 Å². The number of halogens is 1. The van der Waals surface area contributed by atoms with E-state index in [0.29, 0.717) is 52.9 Å². The highest BCUT2D eigenvalue weighted by molar-refractivity contribution is 6.31. The second-order valence-corrected chi connectivity index (χ2v) is 7.45. The van der Waals surface area contributed by atoms with Gasteiger partial charge in [0, 0.05) is 36.3 Å². The molecule has 0 aliphatic carbocycles. The first-order valence-electron chi connectivity index (χ1n) is 9.38. The number of pyridine rings is 1. The van der Waals surface area contributed by atoms with Gasteiger partial charge in [0.05, 0.1) is 23.9 Å². The van der Waals surface area contributed by atoms with Gasteiger partial charge in [0.15, 0.2) is 0 Å². The molecule has 1 saturated heterocycles. The molecule has 1 aliphatic heterocycles. The van der Waals surface area contributed by atoms with Crippen molar-refractivity contribution in [3.05, 3.63) is 79.7 Å².